The van der Waals surface area contributed by atoms with Crippen LogP contribution in [-0.2, 0) is 9.53 Å². The van der Waals surface area contributed by atoms with Crippen LogP contribution < -0.4 is 0 Å². The summed E-state index contributed by atoms with van der Waals surface area (Å²) in [6.07, 6.45) is 24.7. The van der Waals surface area contributed by atoms with Crippen molar-refractivity contribution in [3.05, 3.63) is 24.8 Å². The summed E-state index contributed by atoms with van der Waals surface area (Å²) < 4.78 is 5.30. The maximum atomic E-state index is 11.4. The highest BCUT2D eigenvalue weighted by molar-refractivity contribution is 5.87. The second kappa shape index (κ2) is 19.7. The van der Waals surface area contributed by atoms with Gasteiger partial charge in [0.05, 0.1) is 6.10 Å². The standard InChI is InChI=1S/C25H46O2/c1-5-6-7-8-9-10-11-12-13-14-15-16-17-18-19-20-21-22-24(4)27-25(26)23(2)3/h5,24H,1-2,6-22H2,3-4H3. The van der Waals surface area contributed by atoms with Gasteiger partial charge in [0.15, 0.2) is 0 Å². The summed E-state index contributed by atoms with van der Waals surface area (Å²) >= 11 is 0. The number of hydrogen-bond donors (Lipinski definition) is 0. The van der Waals surface area contributed by atoms with E-state index in [1.54, 1.807) is 6.92 Å². The molecule has 0 radical (unpaired) electrons. The monoisotopic (exact) mass is 378 g/mol. The molecular formula is C25H46O2. The fourth-order valence-corrected chi connectivity index (χ4v) is 3.36. The molecule has 0 rings (SSSR count). The molecule has 0 spiro atoms. The van der Waals surface area contributed by atoms with Crippen molar-refractivity contribution in [3.8, 4) is 0 Å². The molecule has 27 heavy (non-hydrogen) atoms. The predicted octanol–water partition coefficient (Wildman–Crippen LogP) is 8.31. The molecule has 2 heteroatoms. The van der Waals surface area contributed by atoms with Crippen LogP contribution >= 0.6 is 0 Å². The van der Waals surface area contributed by atoms with Crippen molar-refractivity contribution in [2.45, 2.75) is 129 Å². The second-order valence-corrected chi connectivity index (χ2v) is 8.17. The van der Waals surface area contributed by atoms with Crippen LogP contribution in [0.5, 0.6) is 0 Å². The molecule has 0 aliphatic heterocycles. The third-order valence-corrected chi connectivity index (χ3v) is 5.18. The Labute approximate surface area is 169 Å². The van der Waals surface area contributed by atoms with E-state index in [9.17, 15) is 4.79 Å². The molecule has 1 atom stereocenters. The molecule has 0 amide bonds. The van der Waals surface area contributed by atoms with Gasteiger partial charge in [0.2, 0.25) is 0 Å². The van der Waals surface area contributed by atoms with Gasteiger partial charge in [-0.05, 0) is 39.5 Å². The van der Waals surface area contributed by atoms with E-state index in [0.29, 0.717) is 5.57 Å². The van der Waals surface area contributed by atoms with Crippen LogP contribution in [0.2, 0.25) is 0 Å². The lowest BCUT2D eigenvalue weighted by molar-refractivity contribution is -0.143. The summed E-state index contributed by atoms with van der Waals surface area (Å²) in [6, 6.07) is 0. The van der Waals surface area contributed by atoms with Crippen LogP contribution in [0.4, 0.5) is 0 Å². The topological polar surface area (TPSA) is 26.3 Å². The molecule has 0 bridgehead atoms. The van der Waals surface area contributed by atoms with Crippen molar-refractivity contribution < 1.29 is 9.53 Å². The zero-order valence-electron chi connectivity index (χ0n) is 18.4. The lowest BCUT2D eigenvalue weighted by Crippen LogP contribution is -2.15. The minimum absolute atomic E-state index is 0.0151. The van der Waals surface area contributed by atoms with Gasteiger partial charge in [-0.15, -0.1) is 6.58 Å². The Morgan fingerprint density at radius 2 is 1.15 bits per heavy atom. The third kappa shape index (κ3) is 19.5. The van der Waals surface area contributed by atoms with Crippen molar-refractivity contribution in [2.24, 2.45) is 0 Å². The lowest BCUT2D eigenvalue weighted by Gasteiger charge is -2.12. The summed E-state index contributed by atoms with van der Waals surface area (Å²) in [7, 11) is 0. The van der Waals surface area contributed by atoms with Gasteiger partial charge >= 0.3 is 5.97 Å². The van der Waals surface area contributed by atoms with Crippen LogP contribution in [0.15, 0.2) is 24.8 Å². The maximum absolute atomic E-state index is 11.4. The van der Waals surface area contributed by atoms with Crippen LogP contribution in [0.3, 0.4) is 0 Å². The number of carbonyl (C=O) groups excluding carboxylic acids is 1. The van der Waals surface area contributed by atoms with Crippen molar-refractivity contribution in [3.63, 3.8) is 0 Å². The van der Waals surface area contributed by atoms with Gasteiger partial charge in [-0.1, -0.05) is 96.1 Å². The Morgan fingerprint density at radius 3 is 1.52 bits per heavy atom. The van der Waals surface area contributed by atoms with Crippen molar-refractivity contribution in [2.75, 3.05) is 0 Å². The summed E-state index contributed by atoms with van der Waals surface area (Å²) in [6.45, 7) is 11.1. The first-order chi connectivity index (χ1) is 13.1. The van der Waals surface area contributed by atoms with Gasteiger partial charge < -0.3 is 4.74 Å². The summed E-state index contributed by atoms with van der Waals surface area (Å²) in [5.41, 5.74) is 0.487. The normalized spacial score (nSPS) is 11.9. The average Bonchev–Trinajstić information content (AvgIpc) is 2.64. The Kier molecular flexibility index (Phi) is 18.9. The maximum Gasteiger partial charge on any atom is 0.333 e. The quantitative estimate of drug-likeness (QED) is 0.0921. The van der Waals surface area contributed by atoms with Crippen LogP contribution in [-0.4, -0.2) is 12.1 Å². The number of rotatable bonds is 20. The number of allylic oxidation sites excluding steroid dienone is 1. The van der Waals surface area contributed by atoms with Crippen LogP contribution in [0.1, 0.15) is 123 Å². The second-order valence-electron chi connectivity index (χ2n) is 8.17. The highest BCUT2D eigenvalue weighted by Crippen LogP contribution is 2.15. The average molecular weight is 379 g/mol. The number of carbonyl (C=O) groups is 1. The largest absolute Gasteiger partial charge is 0.459 e. The molecule has 2 nitrogen and oxygen atoms in total. The Balaban J connectivity index is 3.17. The SMILES string of the molecule is C=CCCCCCCCCCCCCCCCCCC(C)OC(=O)C(=C)C. The summed E-state index contributed by atoms with van der Waals surface area (Å²) in [5.74, 6) is -0.258. The fraction of sp³-hybridized carbons (Fsp3) is 0.800. The first-order valence-corrected chi connectivity index (χ1v) is 11.5. The third-order valence-electron chi connectivity index (χ3n) is 5.18. The Morgan fingerprint density at radius 1 is 0.778 bits per heavy atom. The first-order valence-electron chi connectivity index (χ1n) is 11.5. The van der Waals surface area contributed by atoms with Crippen molar-refractivity contribution in [1.82, 2.24) is 0 Å². The van der Waals surface area contributed by atoms with Gasteiger partial charge in [0.1, 0.15) is 0 Å². The van der Waals surface area contributed by atoms with Gasteiger partial charge in [-0.25, -0.2) is 4.79 Å². The highest BCUT2D eigenvalue weighted by atomic mass is 16.5. The zero-order chi connectivity index (χ0) is 20.2. The van der Waals surface area contributed by atoms with Gasteiger partial charge in [0.25, 0.3) is 0 Å². The molecule has 0 N–H and O–H groups in total. The zero-order valence-corrected chi connectivity index (χ0v) is 18.4. The molecule has 0 saturated heterocycles. The molecule has 0 aromatic heterocycles. The van der Waals surface area contributed by atoms with E-state index in [0.717, 1.165) is 12.8 Å². The Hall–Kier alpha value is -1.05. The molecule has 0 aliphatic rings. The van der Waals surface area contributed by atoms with Gasteiger partial charge in [0, 0.05) is 5.57 Å². The Bertz CT molecular complexity index is 373. The molecule has 0 heterocycles. The molecule has 0 saturated carbocycles. The van der Waals surface area contributed by atoms with Crippen molar-refractivity contribution >= 4 is 5.97 Å². The van der Waals surface area contributed by atoms with E-state index < -0.39 is 0 Å². The number of hydrogen-bond acceptors (Lipinski definition) is 2. The number of esters is 1. The van der Waals surface area contributed by atoms with Crippen LogP contribution in [0.25, 0.3) is 0 Å². The predicted molar refractivity (Wildman–Crippen MR) is 119 cm³/mol. The minimum atomic E-state index is -0.258. The molecule has 0 aliphatic carbocycles. The van der Waals surface area contributed by atoms with Gasteiger partial charge in [-0.3, -0.25) is 0 Å². The lowest BCUT2D eigenvalue weighted by atomic mass is 10.0. The summed E-state index contributed by atoms with van der Waals surface area (Å²) in [5, 5.41) is 0. The van der Waals surface area contributed by atoms with E-state index in [1.165, 1.54) is 96.3 Å². The molecule has 0 aromatic rings. The van der Waals surface area contributed by atoms with E-state index in [-0.39, 0.29) is 12.1 Å². The van der Waals surface area contributed by atoms with Crippen molar-refractivity contribution in [1.29, 1.82) is 0 Å². The molecule has 0 fully saturated rings. The van der Waals surface area contributed by atoms with E-state index in [1.807, 2.05) is 13.0 Å². The molecule has 0 aromatic carbocycles. The highest BCUT2D eigenvalue weighted by Gasteiger charge is 2.09. The van der Waals surface area contributed by atoms with E-state index in [4.69, 9.17) is 4.74 Å². The molecule has 1 unspecified atom stereocenters. The smallest absolute Gasteiger partial charge is 0.333 e. The first kappa shape index (κ1) is 26.0. The number of unbranched alkanes of at least 4 members (excludes halogenated alkanes) is 15. The summed E-state index contributed by atoms with van der Waals surface area (Å²) in [4.78, 5) is 11.4. The van der Waals surface area contributed by atoms with Gasteiger partial charge in [-0.2, -0.15) is 0 Å². The number of ether oxygens (including phenoxy) is 1. The fourth-order valence-electron chi connectivity index (χ4n) is 3.36. The van der Waals surface area contributed by atoms with Crippen LogP contribution in [0, 0.1) is 0 Å². The molecular weight excluding hydrogens is 332 g/mol. The van der Waals surface area contributed by atoms with E-state index in [2.05, 4.69) is 13.2 Å². The van der Waals surface area contributed by atoms with E-state index >= 15 is 0 Å². The molecule has 158 valence electrons. The minimum Gasteiger partial charge on any atom is -0.459 e.